The highest BCUT2D eigenvalue weighted by Crippen LogP contribution is 2.27. The second kappa shape index (κ2) is 8.69. The molecule has 0 fully saturated rings. The van der Waals surface area contributed by atoms with Gasteiger partial charge in [-0.1, -0.05) is 50.2 Å². The van der Waals surface area contributed by atoms with Crippen LogP contribution in [-0.4, -0.2) is 34.9 Å². The van der Waals surface area contributed by atoms with Crippen molar-refractivity contribution in [3.05, 3.63) is 72.6 Å². The van der Waals surface area contributed by atoms with Gasteiger partial charge in [0.15, 0.2) is 0 Å². The van der Waals surface area contributed by atoms with Crippen molar-refractivity contribution in [1.82, 2.24) is 14.8 Å². The van der Waals surface area contributed by atoms with E-state index in [2.05, 4.69) is 4.98 Å². The zero-order valence-electron chi connectivity index (χ0n) is 16.2. The third kappa shape index (κ3) is 4.45. The minimum atomic E-state index is -4.06. The van der Waals surface area contributed by atoms with Crippen LogP contribution in [0.25, 0.3) is 10.8 Å². The maximum Gasteiger partial charge on any atom is 0.262 e. The van der Waals surface area contributed by atoms with Crippen molar-refractivity contribution in [3.63, 3.8) is 0 Å². The molecule has 1 amide bonds. The quantitative estimate of drug-likeness (QED) is 0.458. The first kappa shape index (κ1) is 20.9. The van der Waals surface area contributed by atoms with Gasteiger partial charge in [0.25, 0.3) is 5.91 Å². The van der Waals surface area contributed by atoms with Crippen molar-refractivity contribution in [2.45, 2.75) is 31.3 Å². The van der Waals surface area contributed by atoms with Gasteiger partial charge >= 0.3 is 0 Å². The Morgan fingerprint density at radius 3 is 2.45 bits per heavy atom. The molecule has 1 aromatic heterocycles. The van der Waals surface area contributed by atoms with Crippen LogP contribution >= 0.6 is 0 Å². The Balaban J connectivity index is 2.12. The van der Waals surface area contributed by atoms with Gasteiger partial charge in [0.05, 0.1) is 4.90 Å². The molecule has 0 aliphatic carbocycles. The largest absolute Gasteiger partial charge is 0.289 e. The van der Waals surface area contributed by atoms with Gasteiger partial charge in [-0.15, -0.1) is 0 Å². The van der Waals surface area contributed by atoms with E-state index in [1.807, 2.05) is 24.3 Å². The third-order valence-electron chi connectivity index (χ3n) is 4.71. The third-order valence-corrected chi connectivity index (χ3v) is 6.53. The molecule has 1 atom stereocenters. The number of amides is 1. The lowest BCUT2D eigenvalue weighted by atomic mass is 10.0. The topological polar surface area (TPSA) is 99.6 Å². The normalized spacial score (nSPS) is 13.0. The van der Waals surface area contributed by atoms with Gasteiger partial charge in [-0.05, 0) is 40.5 Å². The van der Waals surface area contributed by atoms with Crippen LogP contribution < -0.4 is 5.48 Å². The number of carbonyl (C=O) groups is 1. The number of rotatable bonds is 7. The van der Waals surface area contributed by atoms with E-state index in [4.69, 9.17) is 0 Å². The number of fused-ring (bicyclic) bond motifs is 1. The number of nitrogens with zero attached hydrogens (tertiary/aromatic N) is 2. The smallest absolute Gasteiger partial charge is 0.262 e. The lowest BCUT2D eigenvalue weighted by molar-refractivity contribution is -0.134. The summed E-state index contributed by atoms with van der Waals surface area (Å²) in [7, 11) is -4.06. The summed E-state index contributed by atoms with van der Waals surface area (Å²) in [6, 6.07) is 14.6. The molecule has 2 aromatic carbocycles. The minimum absolute atomic E-state index is 0.0563. The number of benzene rings is 2. The van der Waals surface area contributed by atoms with Crippen LogP contribution in [0.3, 0.4) is 0 Å². The number of sulfonamides is 1. The summed E-state index contributed by atoms with van der Waals surface area (Å²) in [5.74, 6) is -1.16. The molecule has 0 aliphatic heterocycles. The van der Waals surface area contributed by atoms with Crippen molar-refractivity contribution in [2.75, 3.05) is 0 Å². The number of hydrogen-bond donors (Lipinski definition) is 2. The maximum absolute atomic E-state index is 13.6. The monoisotopic (exact) mass is 413 g/mol. The van der Waals surface area contributed by atoms with Crippen LogP contribution in [0.15, 0.2) is 71.9 Å². The molecule has 0 saturated carbocycles. The molecular weight excluding hydrogens is 390 g/mol. The van der Waals surface area contributed by atoms with Gasteiger partial charge in [-0.2, -0.15) is 4.31 Å². The molecule has 0 saturated heterocycles. The lowest BCUT2D eigenvalue weighted by Crippen LogP contribution is -2.51. The molecule has 29 heavy (non-hydrogen) atoms. The van der Waals surface area contributed by atoms with Crippen LogP contribution in [-0.2, 0) is 21.4 Å². The molecule has 0 unspecified atom stereocenters. The Labute approximate surface area is 170 Å². The van der Waals surface area contributed by atoms with E-state index in [-0.39, 0.29) is 17.4 Å². The van der Waals surface area contributed by atoms with E-state index in [0.717, 1.165) is 15.1 Å². The first-order chi connectivity index (χ1) is 13.8. The molecule has 0 bridgehead atoms. The number of pyridine rings is 1. The highest BCUT2D eigenvalue weighted by Gasteiger charge is 2.38. The Morgan fingerprint density at radius 1 is 1.10 bits per heavy atom. The van der Waals surface area contributed by atoms with Crippen molar-refractivity contribution in [2.24, 2.45) is 5.92 Å². The number of nitrogens with one attached hydrogen (secondary N) is 1. The molecule has 3 rings (SSSR count). The Bertz CT molecular complexity index is 1100. The second-order valence-electron chi connectivity index (χ2n) is 7.09. The van der Waals surface area contributed by atoms with E-state index >= 15 is 0 Å². The highest BCUT2D eigenvalue weighted by molar-refractivity contribution is 7.89. The SMILES string of the molecule is CC(C)[C@H](C(=O)NO)N(Cc1cccnc1)S(=O)(=O)c1ccc2ccccc2c1. The standard InChI is InChI=1S/C21H23N3O4S/c1-15(2)20(21(25)23-26)24(14-16-6-5-11-22-13-16)29(27,28)19-10-9-17-7-3-4-8-18(17)12-19/h3-13,15,20,26H,14H2,1-2H3,(H,23,25)/t20-/m1/s1. The van der Waals surface area contributed by atoms with Crippen molar-refractivity contribution in [1.29, 1.82) is 0 Å². The van der Waals surface area contributed by atoms with Gasteiger partial charge in [-0.25, -0.2) is 13.9 Å². The molecule has 152 valence electrons. The summed E-state index contributed by atoms with van der Waals surface area (Å²) in [5, 5.41) is 10.9. The predicted octanol–water partition coefficient (Wildman–Crippen LogP) is 2.96. The van der Waals surface area contributed by atoms with Gasteiger partial charge < -0.3 is 0 Å². The molecule has 8 heteroatoms. The molecule has 0 spiro atoms. The van der Waals surface area contributed by atoms with E-state index in [1.165, 1.54) is 6.07 Å². The summed E-state index contributed by atoms with van der Waals surface area (Å²) in [5.41, 5.74) is 2.24. The highest BCUT2D eigenvalue weighted by atomic mass is 32.2. The maximum atomic E-state index is 13.6. The number of carbonyl (C=O) groups excluding carboxylic acids is 1. The summed E-state index contributed by atoms with van der Waals surface area (Å²) in [6.45, 7) is 3.40. The van der Waals surface area contributed by atoms with Crippen LogP contribution in [0.4, 0.5) is 0 Å². The minimum Gasteiger partial charge on any atom is -0.289 e. The van der Waals surface area contributed by atoms with Crippen LogP contribution in [0.5, 0.6) is 0 Å². The van der Waals surface area contributed by atoms with Crippen LogP contribution in [0, 0.1) is 5.92 Å². The van der Waals surface area contributed by atoms with E-state index in [0.29, 0.717) is 5.56 Å². The first-order valence-corrected chi connectivity index (χ1v) is 10.6. The number of aromatic nitrogens is 1. The van der Waals surface area contributed by atoms with E-state index < -0.39 is 22.0 Å². The molecule has 0 aliphatic rings. The fourth-order valence-corrected chi connectivity index (χ4v) is 5.04. The van der Waals surface area contributed by atoms with Crippen molar-refractivity contribution < 1.29 is 18.4 Å². The average Bonchev–Trinajstić information content (AvgIpc) is 2.73. The molecule has 2 N–H and O–H groups in total. The van der Waals surface area contributed by atoms with Crippen LogP contribution in [0.1, 0.15) is 19.4 Å². The molecule has 3 aromatic rings. The fraction of sp³-hybridized carbons (Fsp3) is 0.238. The van der Waals surface area contributed by atoms with Gasteiger partial charge in [0, 0.05) is 18.9 Å². The molecule has 1 heterocycles. The van der Waals surface area contributed by atoms with Gasteiger partial charge in [0.1, 0.15) is 6.04 Å². The Morgan fingerprint density at radius 2 is 1.83 bits per heavy atom. The summed E-state index contributed by atoms with van der Waals surface area (Å²) in [6.07, 6.45) is 3.14. The summed E-state index contributed by atoms with van der Waals surface area (Å²) < 4.78 is 28.3. The molecule has 0 radical (unpaired) electrons. The fourth-order valence-electron chi connectivity index (χ4n) is 3.30. The molecule has 7 nitrogen and oxygen atoms in total. The Kier molecular flexibility index (Phi) is 6.26. The molecular formula is C21H23N3O4S. The Hall–Kier alpha value is -2.81. The van der Waals surface area contributed by atoms with E-state index in [1.54, 1.807) is 56.0 Å². The zero-order chi connectivity index (χ0) is 21.0. The number of hydroxylamine groups is 1. The first-order valence-electron chi connectivity index (χ1n) is 9.18. The summed E-state index contributed by atoms with van der Waals surface area (Å²) >= 11 is 0. The van der Waals surface area contributed by atoms with Gasteiger partial charge in [0.2, 0.25) is 10.0 Å². The predicted molar refractivity (Wildman–Crippen MR) is 109 cm³/mol. The second-order valence-corrected chi connectivity index (χ2v) is 8.98. The summed E-state index contributed by atoms with van der Waals surface area (Å²) in [4.78, 5) is 16.5. The van der Waals surface area contributed by atoms with Gasteiger partial charge in [-0.3, -0.25) is 15.0 Å². The van der Waals surface area contributed by atoms with Crippen molar-refractivity contribution >= 4 is 26.7 Å². The van der Waals surface area contributed by atoms with E-state index in [9.17, 15) is 18.4 Å². The van der Waals surface area contributed by atoms with Crippen LogP contribution in [0.2, 0.25) is 0 Å². The zero-order valence-corrected chi connectivity index (χ0v) is 17.0. The number of hydrogen-bond acceptors (Lipinski definition) is 5. The lowest BCUT2D eigenvalue weighted by Gasteiger charge is -2.32. The van der Waals surface area contributed by atoms with Crippen molar-refractivity contribution in [3.8, 4) is 0 Å². The average molecular weight is 413 g/mol.